The van der Waals surface area contributed by atoms with Crippen molar-refractivity contribution in [3.05, 3.63) is 23.8 Å². The van der Waals surface area contributed by atoms with Gasteiger partial charge in [0.1, 0.15) is 5.75 Å². The summed E-state index contributed by atoms with van der Waals surface area (Å²) in [6.45, 7) is 5.11. The molecule has 1 aliphatic heterocycles. The second kappa shape index (κ2) is 4.37. The minimum absolute atomic E-state index is 0.268. The molecular formula is C12H16N2OS. The van der Waals surface area contributed by atoms with Gasteiger partial charge >= 0.3 is 0 Å². The highest BCUT2D eigenvalue weighted by molar-refractivity contribution is 8.14. The Bertz CT molecular complexity index is 417. The van der Waals surface area contributed by atoms with Crippen molar-refractivity contribution < 1.29 is 5.11 Å². The number of amidine groups is 1. The van der Waals surface area contributed by atoms with E-state index in [4.69, 9.17) is 5.41 Å². The lowest BCUT2D eigenvalue weighted by atomic mass is 10.0. The number of nitrogens with zero attached hydrogens (tertiary/aromatic N) is 1. The minimum atomic E-state index is 0.268. The first-order chi connectivity index (χ1) is 7.59. The molecule has 2 rings (SSSR count). The average Bonchev–Trinajstić information content (AvgIpc) is 2.63. The first kappa shape index (κ1) is 11.3. The standard InChI is InChI=1S/C12H16N2OS/c1-8(2)10-4-3-9(15)7-11(10)14-5-6-16-12(14)13/h3-4,7-8,13,15H,5-6H2,1-2H3. The Morgan fingerprint density at radius 1 is 1.44 bits per heavy atom. The Morgan fingerprint density at radius 3 is 2.75 bits per heavy atom. The van der Waals surface area contributed by atoms with Crippen molar-refractivity contribution in [2.24, 2.45) is 0 Å². The van der Waals surface area contributed by atoms with Gasteiger partial charge in [0.05, 0.1) is 0 Å². The fourth-order valence-corrected chi connectivity index (χ4v) is 2.71. The molecule has 1 aromatic rings. The van der Waals surface area contributed by atoms with Crippen LogP contribution in [0.3, 0.4) is 0 Å². The minimum Gasteiger partial charge on any atom is -0.508 e. The molecule has 1 fully saturated rings. The van der Waals surface area contributed by atoms with Crippen LogP contribution in [0.5, 0.6) is 5.75 Å². The third-order valence-electron chi connectivity index (χ3n) is 2.73. The summed E-state index contributed by atoms with van der Waals surface area (Å²) >= 11 is 1.55. The van der Waals surface area contributed by atoms with E-state index in [-0.39, 0.29) is 5.75 Å². The van der Waals surface area contributed by atoms with E-state index in [1.807, 2.05) is 11.0 Å². The molecule has 1 saturated heterocycles. The van der Waals surface area contributed by atoms with Gasteiger partial charge in [-0.1, -0.05) is 31.7 Å². The third-order valence-corrected chi connectivity index (χ3v) is 3.61. The molecule has 0 amide bonds. The van der Waals surface area contributed by atoms with Crippen molar-refractivity contribution in [1.29, 1.82) is 5.41 Å². The lowest BCUT2D eigenvalue weighted by molar-refractivity contribution is 0.475. The molecule has 1 heterocycles. The zero-order valence-corrected chi connectivity index (χ0v) is 10.3. The first-order valence-electron chi connectivity index (χ1n) is 5.41. The van der Waals surface area contributed by atoms with Crippen LogP contribution in [0.4, 0.5) is 5.69 Å². The van der Waals surface area contributed by atoms with Gasteiger partial charge in [-0.05, 0) is 17.5 Å². The van der Waals surface area contributed by atoms with Crippen molar-refractivity contribution >= 4 is 22.6 Å². The predicted molar refractivity (Wildman–Crippen MR) is 69.7 cm³/mol. The summed E-state index contributed by atoms with van der Waals surface area (Å²) in [5.41, 5.74) is 2.16. The quantitative estimate of drug-likeness (QED) is 0.829. The van der Waals surface area contributed by atoms with Crippen LogP contribution in [-0.2, 0) is 0 Å². The molecule has 86 valence electrons. The van der Waals surface area contributed by atoms with Crippen LogP contribution in [0.1, 0.15) is 25.3 Å². The van der Waals surface area contributed by atoms with E-state index in [1.165, 1.54) is 5.56 Å². The molecule has 1 aliphatic rings. The number of thioether (sulfide) groups is 1. The second-order valence-electron chi connectivity index (χ2n) is 4.20. The van der Waals surface area contributed by atoms with Gasteiger partial charge in [-0.25, -0.2) is 0 Å². The number of anilines is 1. The summed E-state index contributed by atoms with van der Waals surface area (Å²) in [5, 5.41) is 18.0. The maximum Gasteiger partial charge on any atom is 0.160 e. The van der Waals surface area contributed by atoms with E-state index in [1.54, 1.807) is 23.9 Å². The lowest BCUT2D eigenvalue weighted by Gasteiger charge is -2.22. The predicted octanol–water partition coefficient (Wildman–Crippen LogP) is 3.00. The molecule has 0 spiro atoms. The van der Waals surface area contributed by atoms with Crippen molar-refractivity contribution in [1.82, 2.24) is 0 Å². The summed E-state index contributed by atoms with van der Waals surface area (Å²) in [4.78, 5) is 1.97. The smallest absolute Gasteiger partial charge is 0.160 e. The average molecular weight is 236 g/mol. The van der Waals surface area contributed by atoms with Crippen LogP contribution in [-0.4, -0.2) is 22.6 Å². The normalized spacial score (nSPS) is 16.2. The molecule has 4 heteroatoms. The maximum absolute atomic E-state index is 9.56. The molecule has 0 saturated carbocycles. The Kier molecular flexibility index (Phi) is 3.10. The van der Waals surface area contributed by atoms with Crippen LogP contribution in [0.25, 0.3) is 0 Å². The summed E-state index contributed by atoms with van der Waals surface area (Å²) < 4.78 is 0. The summed E-state index contributed by atoms with van der Waals surface area (Å²) in [6, 6.07) is 5.42. The molecule has 0 radical (unpaired) electrons. The zero-order valence-electron chi connectivity index (χ0n) is 9.53. The maximum atomic E-state index is 9.56. The Balaban J connectivity index is 2.44. The SMILES string of the molecule is CC(C)c1ccc(O)cc1N1CCSC1=N. The first-order valence-corrected chi connectivity index (χ1v) is 6.40. The van der Waals surface area contributed by atoms with Crippen molar-refractivity contribution in [2.75, 3.05) is 17.2 Å². The van der Waals surface area contributed by atoms with Crippen LogP contribution >= 0.6 is 11.8 Å². The van der Waals surface area contributed by atoms with Crippen LogP contribution in [0, 0.1) is 5.41 Å². The number of aromatic hydroxyl groups is 1. The van der Waals surface area contributed by atoms with Gasteiger partial charge in [-0.3, -0.25) is 5.41 Å². The van der Waals surface area contributed by atoms with E-state index in [9.17, 15) is 5.11 Å². The summed E-state index contributed by atoms with van der Waals surface area (Å²) in [5.74, 6) is 1.62. The van der Waals surface area contributed by atoms with Crippen molar-refractivity contribution in [2.45, 2.75) is 19.8 Å². The van der Waals surface area contributed by atoms with E-state index >= 15 is 0 Å². The van der Waals surface area contributed by atoms with E-state index in [0.717, 1.165) is 18.0 Å². The monoisotopic (exact) mass is 236 g/mol. The van der Waals surface area contributed by atoms with Crippen LogP contribution in [0.15, 0.2) is 18.2 Å². The topological polar surface area (TPSA) is 47.3 Å². The highest BCUT2D eigenvalue weighted by atomic mass is 32.2. The molecule has 0 unspecified atom stereocenters. The number of phenols is 1. The highest BCUT2D eigenvalue weighted by Crippen LogP contribution is 2.34. The number of rotatable bonds is 2. The second-order valence-corrected chi connectivity index (χ2v) is 5.29. The third kappa shape index (κ3) is 2.02. The van der Waals surface area contributed by atoms with Gasteiger partial charge in [-0.2, -0.15) is 0 Å². The number of phenolic OH excluding ortho intramolecular Hbond substituents is 1. The molecule has 0 aliphatic carbocycles. The summed E-state index contributed by atoms with van der Waals surface area (Å²) in [7, 11) is 0. The van der Waals surface area contributed by atoms with E-state index in [0.29, 0.717) is 11.1 Å². The lowest BCUT2D eigenvalue weighted by Crippen LogP contribution is -2.24. The zero-order chi connectivity index (χ0) is 11.7. The fraction of sp³-hybridized carbons (Fsp3) is 0.417. The number of nitrogens with one attached hydrogen (secondary N) is 1. The molecule has 2 N–H and O–H groups in total. The molecule has 0 atom stereocenters. The van der Waals surface area contributed by atoms with E-state index < -0.39 is 0 Å². The van der Waals surface area contributed by atoms with Gasteiger partial charge in [0.2, 0.25) is 0 Å². The number of hydrogen-bond acceptors (Lipinski definition) is 3. The molecule has 1 aromatic carbocycles. The van der Waals surface area contributed by atoms with E-state index in [2.05, 4.69) is 13.8 Å². The van der Waals surface area contributed by atoms with Crippen molar-refractivity contribution in [3.8, 4) is 5.75 Å². The van der Waals surface area contributed by atoms with Gasteiger partial charge in [0.15, 0.2) is 5.17 Å². The largest absolute Gasteiger partial charge is 0.508 e. The highest BCUT2D eigenvalue weighted by Gasteiger charge is 2.22. The number of hydrogen-bond donors (Lipinski definition) is 2. The van der Waals surface area contributed by atoms with Crippen molar-refractivity contribution in [3.63, 3.8) is 0 Å². The van der Waals surface area contributed by atoms with Crippen LogP contribution < -0.4 is 4.90 Å². The van der Waals surface area contributed by atoms with Gasteiger partial charge < -0.3 is 10.0 Å². The Hall–Kier alpha value is -1.16. The molecule has 0 bridgehead atoms. The molecule has 0 aromatic heterocycles. The van der Waals surface area contributed by atoms with Gasteiger partial charge in [0, 0.05) is 24.1 Å². The van der Waals surface area contributed by atoms with Gasteiger partial charge in [0.25, 0.3) is 0 Å². The molecule has 16 heavy (non-hydrogen) atoms. The molecule has 3 nitrogen and oxygen atoms in total. The Morgan fingerprint density at radius 2 is 2.19 bits per heavy atom. The summed E-state index contributed by atoms with van der Waals surface area (Å²) in [6.07, 6.45) is 0. The van der Waals surface area contributed by atoms with Crippen LogP contribution in [0.2, 0.25) is 0 Å². The fourth-order valence-electron chi connectivity index (χ4n) is 1.90. The molecular weight excluding hydrogens is 220 g/mol. The number of benzene rings is 1. The van der Waals surface area contributed by atoms with Gasteiger partial charge in [-0.15, -0.1) is 0 Å². The Labute approximate surface area is 100.0 Å².